The molecule has 0 aromatic carbocycles. The number of hydrogen-bond acceptors (Lipinski definition) is 4. The average molecular weight is 480 g/mol. The van der Waals surface area contributed by atoms with Gasteiger partial charge in [-0.2, -0.15) is 0 Å². The fraction of sp³-hybridized carbons (Fsp3) is 1.00. The van der Waals surface area contributed by atoms with Gasteiger partial charge in [-0.1, -0.05) is 117 Å². The molecule has 0 aliphatic rings. The van der Waals surface area contributed by atoms with E-state index < -0.39 is 7.82 Å². The van der Waals surface area contributed by atoms with Crippen molar-refractivity contribution in [1.82, 2.24) is 4.90 Å². The number of unbranched alkanes of at least 4 members (excludes halogenated alkanes) is 15. The summed E-state index contributed by atoms with van der Waals surface area (Å²) in [5.41, 5.74) is 0. The van der Waals surface area contributed by atoms with Gasteiger partial charge in [0.1, 0.15) is 0 Å². The Morgan fingerprint density at radius 2 is 0.875 bits per heavy atom. The molecule has 0 saturated carbocycles. The fourth-order valence-electron chi connectivity index (χ4n) is 3.31. The number of nitrogens with zero attached hydrogens (tertiary/aromatic N) is 1. The summed E-state index contributed by atoms with van der Waals surface area (Å²) >= 11 is 0. The lowest BCUT2D eigenvalue weighted by molar-refractivity contribution is 0.146. The van der Waals surface area contributed by atoms with E-state index in [1.165, 1.54) is 96.4 Å². The maximum atomic E-state index is 11.1. The summed E-state index contributed by atoms with van der Waals surface area (Å²) in [5.74, 6) is 0. The van der Waals surface area contributed by atoms with Gasteiger partial charge in [-0.3, -0.25) is 9.05 Å². The number of hydrogen-bond donors (Lipinski definition) is 1. The molecule has 0 aromatic rings. The molecular formula is C26H58NO4P. The molecule has 196 valence electrons. The molecule has 1 N–H and O–H groups in total. The first kappa shape index (κ1) is 34.2. The summed E-state index contributed by atoms with van der Waals surface area (Å²) in [6, 6.07) is 0. The lowest BCUT2D eigenvalue weighted by Crippen LogP contribution is -2.12. The average Bonchev–Trinajstić information content (AvgIpc) is 2.74. The topological polar surface area (TPSA) is 59.0 Å². The van der Waals surface area contributed by atoms with E-state index >= 15 is 0 Å². The zero-order valence-electron chi connectivity index (χ0n) is 22.4. The third-order valence-corrected chi connectivity index (χ3v) is 6.48. The van der Waals surface area contributed by atoms with Gasteiger partial charge in [-0.05, 0) is 39.9 Å². The van der Waals surface area contributed by atoms with E-state index in [1.807, 2.05) is 13.8 Å². The van der Waals surface area contributed by atoms with Gasteiger partial charge in [-0.15, -0.1) is 0 Å². The van der Waals surface area contributed by atoms with Crippen LogP contribution in [-0.4, -0.2) is 43.6 Å². The van der Waals surface area contributed by atoms with E-state index in [1.54, 1.807) is 0 Å². The third-order valence-electron chi connectivity index (χ3n) is 5.46. The molecule has 0 radical (unpaired) electrons. The zero-order valence-corrected chi connectivity index (χ0v) is 23.3. The second-order valence-corrected chi connectivity index (χ2v) is 10.7. The number of phosphoric acid groups is 1. The molecule has 0 heterocycles. The molecule has 0 aliphatic carbocycles. The molecule has 0 rings (SSSR count). The van der Waals surface area contributed by atoms with E-state index in [2.05, 4.69) is 25.9 Å². The lowest BCUT2D eigenvalue weighted by atomic mass is 10.0. The van der Waals surface area contributed by atoms with E-state index in [0.29, 0.717) is 0 Å². The molecule has 6 heteroatoms. The van der Waals surface area contributed by atoms with E-state index in [4.69, 9.17) is 13.9 Å². The minimum absolute atomic E-state index is 0.288. The quantitative estimate of drug-likeness (QED) is 0.117. The van der Waals surface area contributed by atoms with Gasteiger partial charge < -0.3 is 9.79 Å². The predicted octanol–water partition coefficient (Wildman–Crippen LogP) is 8.75. The van der Waals surface area contributed by atoms with Crippen LogP contribution in [0.1, 0.15) is 136 Å². The second-order valence-electron chi connectivity index (χ2n) is 9.24. The van der Waals surface area contributed by atoms with Gasteiger partial charge in [0.25, 0.3) is 0 Å². The minimum Gasteiger partial charge on any atom is -0.309 e. The molecule has 0 amide bonds. The summed E-state index contributed by atoms with van der Waals surface area (Å²) < 4.78 is 20.5. The van der Waals surface area contributed by atoms with Crippen molar-refractivity contribution < 1.29 is 18.5 Å². The second kappa shape index (κ2) is 27.3. The van der Waals surface area contributed by atoms with Crippen LogP contribution in [0.15, 0.2) is 0 Å². The third kappa shape index (κ3) is 32.3. The van der Waals surface area contributed by atoms with Crippen LogP contribution in [0.25, 0.3) is 0 Å². The summed E-state index contributed by atoms with van der Waals surface area (Å²) in [5, 5.41) is 0. The molecule has 0 aromatic heterocycles. The van der Waals surface area contributed by atoms with Crippen molar-refractivity contribution >= 4 is 7.82 Å². The first-order chi connectivity index (χ1) is 15.4. The van der Waals surface area contributed by atoms with E-state index in [-0.39, 0.29) is 13.2 Å². The molecule has 0 atom stereocenters. The maximum Gasteiger partial charge on any atom is 0.472 e. The zero-order chi connectivity index (χ0) is 24.3. The van der Waals surface area contributed by atoms with E-state index in [9.17, 15) is 4.57 Å². The monoisotopic (exact) mass is 479 g/mol. The van der Waals surface area contributed by atoms with Crippen LogP contribution in [-0.2, 0) is 13.6 Å². The van der Waals surface area contributed by atoms with Crippen molar-refractivity contribution in [2.45, 2.75) is 136 Å². The Morgan fingerprint density at radius 1 is 0.562 bits per heavy atom. The summed E-state index contributed by atoms with van der Waals surface area (Å²) in [6.45, 7) is 8.11. The van der Waals surface area contributed by atoms with Gasteiger partial charge in [0.2, 0.25) is 0 Å². The van der Waals surface area contributed by atoms with Gasteiger partial charge in [-0.25, -0.2) is 4.57 Å². The van der Waals surface area contributed by atoms with Gasteiger partial charge in [0.15, 0.2) is 0 Å². The molecule has 0 fully saturated rings. The van der Waals surface area contributed by atoms with Crippen molar-refractivity contribution in [3.8, 4) is 0 Å². The van der Waals surface area contributed by atoms with Crippen LogP contribution in [0.3, 0.4) is 0 Å². The highest BCUT2D eigenvalue weighted by Crippen LogP contribution is 2.43. The Labute approximate surface area is 201 Å². The first-order valence-electron chi connectivity index (χ1n) is 13.7. The van der Waals surface area contributed by atoms with Crippen molar-refractivity contribution in [1.29, 1.82) is 0 Å². The van der Waals surface area contributed by atoms with Crippen molar-refractivity contribution in [3.63, 3.8) is 0 Å². The summed E-state index contributed by atoms with van der Waals surface area (Å²) in [4.78, 5) is 11.4. The molecular weight excluding hydrogens is 421 g/mol. The fourth-order valence-corrected chi connectivity index (χ4v) is 4.10. The van der Waals surface area contributed by atoms with Crippen molar-refractivity contribution in [3.05, 3.63) is 0 Å². The minimum atomic E-state index is -3.75. The van der Waals surface area contributed by atoms with Gasteiger partial charge in [0.05, 0.1) is 13.2 Å². The van der Waals surface area contributed by atoms with Crippen LogP contribution < -0.4 is 0 Å². The van der Waals surface area contributed by atoms with Crippen LogP contribution in [0.5, 0.6) is 0 Å². The highest BCUT2D eigenvalue weighted by molar-refractivity contribution is 7.47. The molecule has 0 spiro atoms. The molecule has 0 unspecified atom stereocenters. The van der Waals surface area contributed by atoms with Crippen molar-refractivity contribution in [2.75, 3.05) is 33.9 Å². The predicted molar refractivity (Wildman–Crippen MR) is 140 cm³/mol. The lowest BCUT2D eigenvalue weighted by Gasteiger charge is -2.10. The Hall–Kier alpha value is 0.0700. The highest BCUT2D eigenvalue weighted by Gasteiger charge is 2.19. The first-order valence-corrected chi connectivity index (χ1v) is 15.2. The van der Waals surface area contributed by atoms with Crippen LogP contribution >= 0.6 is 7.82 Å². The SMILES string of the molecule is CCCCCCCCCCCCCCCCN(C)C.CCCCOP(=O)(O)OCCCC. The van der Waals surface area contributed by atoms with Crippen LogP contribution in [0, 0.1) is 0 Å². The molecule has 0 saturated heterocycles. The molecule has 0 bridgehead atoms. The molecule has 5 nitrogen and oxygen atoms in total. The summed E-state index contributed by atoms with van der Waals surface area (Å²) in [6.07, 6.45) is 23.8. The van der Waals surface area contributed by atoms with Gasteiger partial charge in [0, 0.05) is 0 Å². The van der Waals surface area contributed by atoms with Gasteiger partial charge >= 0.3 is 7.82 Å². The highest BCUT2D eigenvalue weighted by atomic mass is 31.2. The van der Waals surface area contributed by atoms with E-state index in [0.717, 1.165) is 25.7 Å². The Balaban J connectivity index is 0. The Morgan fingerprint density at radius 3 is 1.19 bits per heavy atom. The molecule has 0 aliphatic heterocycles. The maximum absolute atomic E-state index is 11.1. The van der Waals surface area contributed by atoms with Crippen LogP contribution in [0.2, 0.25) is 0 Å². The normalized spacial score (nSPS) is 11.6. The number of phosphoric ester groups is 1. The number of rotatable bonds is 23. The van der Waals surface area contributed by atoms with Crippen molar-refractivity contribution in [2.24, 2.45) is 0 Å². The molecule has 32 heavy (non-hydrogen) atoms. The smallest absolute Gasteiger partial charge is 0.309 e. The Bertz CT molecular complexity index is 380. The summed E-state index contributed by atoms with van der Waals surface area (Å²) in [7, 11) is 0.586. The Kier molecular flexibility index (Phi) is 29.2. The van der Waals surface area contributed by atoms with Crippen LogP contribution in [0.4, 0.5) is 0 Å². The standard InChI is InChI=1S/C18H39N.C8H19O4P/c1-4-5-6-7-8-9-10-11-12-13-14-15-16-17-18-19(2)3;1-3-5-7-11-13(9,10)12-8-6-4-2/h4-18H2,1-3H3;3-8H2,1-2H3,(H,9,10). The largest absolute Gasteiger partial charge is 0.472 e.